The number of aryl methyl sites for hydroxylation is 1. The van der Waals surface area contributed by atoms with Crippen molar-refractivity contribution in [3.63, 3.8) is 0 Å². The Morgan fingerprint density at radius 2 is 1.85 bits per heavy atom. The SMILES string of the molecule is CCCCc1cccc(-c2n[nH][nH]c2=O)c1CCCC. The van der Waals surface area contributed by atoms with Crippen LogP contribution in [0.1, 0.15) is 50.7 Å². The van der Waals surface area contributed by atoms with Crippen LogP contribution in [0.15, 0.2) is 23.0 Å². The summed E-state index contributed by atoms with van der Waals surface area (Å²) in [5.41, 5.74) is 4.00. The largest absolute Gasteiger partial charge is 0.291 e. The Bertz CT molecular complexity index is 598. The van der Waals surface area contributed by atoms with Crippen LogP contribution in [0.4, 0.5) is 0 Å². The van der Waals surface area contributed by atoms with Crippen LogP contribution in [-0.4, -0.2) is 15.4 Å². The molecule has 4 heteroatoms. The summed E-state index contributed by atoms with van der Waals surface area (Å²) in [6, 6.07) is 6.22. The molecule has 0 unspecified atom stereocenters. The lowest BCUT2D eigenvalue weighted by atomic mass is 9.92. The third-order valence-corrected chi connectivity index (χ3v) is 3.66. The Kier molecular flexibility index (Phi) is 5.16. The van der Waals surface area contributed by atoms with E-state index in [1.165, 1.54) is 24.0 Å². The zero-order chi connectivity index (χ0) is 14.4. The van der Waals surface area contributed by atoms with Gasteiger partial charge in [0.2, 0.25) is 0 Å². The molecule has 0 fully saturated rings. The first kappa shape index (κ1) is 14.6. The average molecular weight is 273 g/mol. The van der Waals surface area contributed by atoms with Crippen molar-refractivity contribution in [2.75, 3.05) is 0 Å². The summed E-state index contributed by atoms with van der Waals surface area (Å²) in [7, 11) is 0. The molecule has 0 aliphatic rings. The maximum absolute atomic E-state index is 11.8. The van der Waals surface area contributed by atoms with Crippen LogP contribution >= 0.6 is 0 Å². The van der Waals surface area contributed by atoms with Gasteiger partial charge in [0, 0.05) is 5.56 Å². The quantitative estimate of drug-likeness (QED) is 0.811. The molecule has 1 aromatic carbocycles. The predicted molar refractivity (Wildman–Crippen MR) is 81.9 cm³/mol. The van der Waals surface area contributed by atoms with Crippen molar-refractivity contribution in [3.8, 4) is 11.3 Å². The van der Waals surface area contributed by atoms with Gasteiger partial charge < -0.3 is 0 Å². The van der Waals surface area contributed by atoms with E-state index in [0.717, 1.165) is 31.2 Å². The summed E-state index contributed by atoms with van der Waals surface area (Å²) in [6.07, 6.45) is 6.74. The number of unbranched alkanes of at least 4 members (excludes halogenated alkanes) is 2. The fraction of sp³-hybridized carbons (Fsp3) is 0.500. The number of nitrogens with one attached hydrogen (secondary N) is 2. The first-order chi connectivity index (χ1) is 9.77. The predicted octanol–water partition coefficient (Wildman–Crippen LogP) is 3.45. The average Bonchev–Trinajstić information content (AvgIpc) is 2.89. The molecule has 20 heavy (non-hydrogen) atoms. The molecule has 4 nitrogen and oxygen atoms in total. The van der Waals surface area contributed by atoms with Gasteiger partial charge in [-0.3, -0.25) is 4.79 Å². The highest BCUT2D eigenvalue weighted by Crippen LogP contribution is 2.25. The van der Waals surface area contributed by atoms with E-state index in [9.17, 15) is 4.79 Å². The lowest BCUT2D eigenvalue weighted by Crippen LogP contribution is -2.06. The highest BCUT2D eigenvalue weighted by Gasteiger charge is 2.14. The second kappa shape index (κ2) is 7.08. The lowest BCUT2D eigenvalue weighted by Gasteiger charge is -2.13. The van der Waals surface area contributed by atoms with E-state index in [1.807, 2.05) is 12.1 Å². The van der Waals surface area contributed by atoms with Crippen molar-refractivity contribution in [3.05, 3.63) is 39.7 Å². The van der Waals surface area contributed by atoms with Crippen LogP contribution in [0.5, 0.6) is 0 Å². The molecule has 1 aromatic heterocycles. The Hall–Kier alpha value is -1.84. The first-order valence-corrected chi connectivity index (χ1v) is 7.52. The molecule has 2 rings (SSSR count). The standard InChI is InChI=1S/C16H23N3O/c1-3-5-8-12-9-7-11-14(13(12)10-6-4-2)15-16(20)18-19-17-15/h7,9,11H,3-6,8,10H2,1-2H3,(H2,17,18,19,20). The maximum atomic E-state index is 11.8. The molecular formula is C16H23N3O. The number of hydrogen-bond donors (Lipinski definition) is 2. The van der Waals surface area contributed by atoms with E-state index in [4.69, 9.17) is 0 Å². The normalized spacial score (nSPS) is 10.9. The van der Waals surface area contributed by atoms with E-state index >= 15 is 0 Å². The van der Waals surface area contributed by atoms with Crippen molar-refractivity contribution in [1.82, 2.24) is 15.4 Å². The zero-order valence-corrected chi connectivity index (χ0v) is 12.3. The molecule has 1 heterocycles. The second-order valence-corrected chi connectivity index (χ2v) is 5.18. The van der Waals surface area contributed by atoms with Crippen molar-refractivity contribution in [2.45, 2.75) is 52.4 Å². The van der Waals surface area contributed by atoms with Gasteiger partial charge in [0.1, 0.15) is 0 Å². The zero-order valence-electron chi connectivity index (χ0n) is 12.3. The third-order valence-electron chi connectivity index (χ3n) is 3.66. The van der Waals surface area contributed by atoms with Gasteiger partial charge in [-0.25, -0.2) is 10.3 Å². The summed E-state index contributed by atoms with van der Waals surface area (Å²) < 4.78 is 0. The van der Waals surface area contributed by atoms with Crippen LogP contribution in [0.2, 0.25) is 0 Å². The minimum absolute atomic E-state index is 0.143. The molecule has 0 aliphatic heterocycles. The number of hydrogen-bond acceptors (Lipinski definition) is 2. The van der Waals surface area contributed by atoms with Crippen molar-refractivity contribution in [1.29, 1.82) is 0 Å². The molecule has 0 saturated carbocycles. The van der Waals surface area contributed by atoms with Crippen molar-refractivity contribution >= 4 is 0 Å². The summed E-state index contributed by atoms with van der Waals surface area (Å²) in [5, 5.41) is 9.16. The van der Waals surface area contributed by atoms with Crippen LogP contribution in [0.3, 0.4) is 0 Å². The molecule has 2 N–H and O–H groups in total. The summed E-state index contributed by atoms with van der Waals surface area (Å²) >= 11 is 0. The van der Waals surface area contributed by atoms with Gasteiger partial charge in [0.25, 0.3) is 5.56 Å². The highest BCUT2D eigenvalue weighted by molar-refractivity contribution is 5.64. The second-order valence-electron chi connectivity index (χ2n) is 5.18. The summed E-state index contributed by atoms with van der Waals surface area (Å²) in [4.78, 5) is 11.8. The van der Waals surface area contributed by atoms with E-state index in [1.54, 1.807) is 0 Å². The van der Waals surface area contributed by atoms with Crippen LogP contribution in [-0.2, 0) is 12.8 Å². The van der Waals surface area contributed by atoms with Crippen LogP contribution in [0.25, 0.3) is 11.3 Å². The van der Waals surface area contributed by atoms with Crippen LogP contribution in [0, 0.1) is 0 Å². The number of aromatic amines is 2. The van der Waals surface area contributed by atoms with Crippen molar-refractivity contribution < 1.29 is 0 Å². The number of nitrogens with zero attached hydrogens (tertiary/aromatic N) is 1. The molecule has 0 aliphatic carbocycles. The van der Waals surface area contributed by atoms with Gasteiger partial charge in [0.05, 0.1) is 0 Å². The minimum atomic E-state index is -0.143. The number of aromatic nitrogens is 3. The van der Waals surface area contributed by atoms with Gasteiger partial charge in [-0.05, 0) is 36.8 Å². The maximum Gasteiger partial charge on any atom is 0.291 e. The number of benzene rings is 1. The lowest BCUT2D eigenvalue weighted by molar-refractivity contribution is 0.759. The van der Waals surface area contributed by atoms with Gasteiger partial charge in [-0.1, -0.05) is 44.9 Å². The molecule has 0 atom stereocenters. The molecule has 0 saturated heterocycles. The molecule has 2 aromatic rings. The summed E-state index contributed by atoms with van der Waals surface area (Å²) in [5.74, 6) is 0. The monoisotopic (exact) mass is 273 g/mol. The fourth-order valence-electron chi connectivity index (χ4n) is 2.53. The number of H-pyrrole nitrogens is 2. The van der Waals surface area contributed by atoms with E-state index in [-0.39, 0.29) is 5.56 Å². The van der Waals surface area contributed by atoms with Gasteiger partial charge >= 0.3 is 0 Å². The molecular weight excluding hydrogens is 250 g/mol. The Labute approximate surface area is 119 Å². The smallest absolute Gasteiger partial charge is 0.265 e. The number of rotatable bonds is 7. The molecule has 0 spiro atoms. The third kappa shape index (κ3) is 3.18. The summed E-state index contributed by atoms with van der Waals surface area (Å²) in [6.45, 7) is 4.39. The van der Waals surface area contributed by atoms with Crippen LogP contribution < -0.4 is 5.56 Å². The molecule has 108 valence electrons. The van der Waals surface area contributed by atoms with E-state index in [0.29, 0.717) is 5.69 Å². The topological polar surface area (TPSA) is 61.5 Å². The molecule has 0 amide bonds. The Morgan fingerprint density at radius 3 is 2.50 bits per heavy atom. The van der Waals surface area contributed by atoms with Gasteiger partial charge in [-0.2, -0.15) is 5.10 Å². The molecule has 0 bridgehead atoms. The Morgan fingerprint density at radius 1 is 1.10 bits per heavy atom. The highest BCUT2D eigenvalue weighted by atomic mass is 16.1. The van der Waals surface area contributed by atoms with Gasteiger partial charge in [-0.15, -0.1) is 0 Å². The molecule has 0 radical (unpaired) electrons. The van der Waals surface area contributed by atoms with Crippen molar-refractivity contribution in [2.24, 2.45) is 0 Å². The first-order valence-electron chi connectivity index (χ1n) is 7.52. The fourth-order valence-corrected chi connectivity index (χ4v) is 2.53. The van der Waals surface area contributed by atoms with E-state index < -0.39 is 0 Å². The minimum Gasteiger partial charge on any atom is -0.265 e. The van der Waals surface area contributed by atoms with Gasteiger partial charge in [0.15, 0.2) is 5.69 Å². The van der Waals surface area contributed by atoms with E-state index in [2.05, 4.69) is 35.3 Å². The Balaban J connectivity index is 2.44.